The summed E-state index contributed by atoms with van der Waals surface area (Å²) < 4.78 is 0. The zero-order valence-corrected chi connectivity index (χ0v) is 27.8. The van der Waals surface area contributed by atoms with Gasteiger partial charge in [-0.25, -0.2) is 0 Å². The molecule has 0 aliphatic rings. The summed E-state index contributed by atoms with van der Waals surface area (Å²) in [7, 11) is 0. The number of amides is 5. The van der Waals surface area contributed by atoms with E-state index < -0.39 is 59.7 Å². The van der Waals surface area contributed by atoms with Crippen LogP contribution < -0.4 is 32.7 Å². The summed E-state index contributed by atoms with van der Waals surface area (Å²) >= 11 is 0. The Hall–Kier alpha value is -4.25. The molecule has 0 aliphatic carbocycles. The fourth-order valence-corrected chi connectivity index (χ4v) is 5.03. The summed E-state index contributed by atoms with van der Waals surface area (Å²) in [6.07, 6.45) is 2.60. The van der Waals surface area contributed by atoms with Crippen molar-refractivity contribution in [1.29, 1.82) is 0 Å². The number of hydrogen-bond donors (Lipinski definition) is 6. The normalized spacial score (nSPS) is 14.4. The van der Waals surface area contributed by atoms with Crippen molar-refractivity contribution in [2.24, 2.45) is 23.3 Å². The standard InChI is InChI=1S/C35H52N6O5/c1-6-7-18-27(31(37)42)38-33(44)28(20-24-14-10-8-11-15-24)39-34(45)29(21-25-16-12-9-13-17-25)40-35(46)30(23(4)5)41-32(43)26(36)19-22(2)3/h8-17,22-23,26-30H,6-7,18-21,36H2,1-5H3,(H2,37,42)(H,38,44)(H,39,45)(H,40,46)(H,41,43)/t26-,27-,28-,29-,30-/m0/s1. The Morgan fingerprint density at radius 3 is 1.52 bits per heavy atom. The van der Waals surface area contributed by atoms with Gasteiger partial charge in [0.25, 0.3) is 0 Å². The number of carbonyl (C=O) groups excluding carboxylic acids is 5. The van der Waals surface area contributed by atoms with Crippen LogP contribution in [0.25, 0.3) is 0 Å². The van der Waals surface area contributed by atoms with Gasteiger partial charge in [0, 0.05) is 12.8 Å². The number of benzene rings is 2. The van der Waals surface area contributed by atoms with E-state index in [2.05, 4.69) is 21.3 Å². The zero-order valence-electron chi connectivity index (χ0n) is 27.8. The van der Waals surface area contributed by atoms with Gasteiger partial charge in [-0.2, -0.15) is 0 Å². The van der Waals surface area contributed by atoms with E-state index in [0.717, 1.165) is 17.5 Å². The molecule has 0 heterocycles. The monoisotopic (exact) mass is 636 g/mol. The molecular weight excluding hydrogens is 584 g/mol. The molecule has 5 atom stereocenters. The molecule has 0 saturated carbocycles. The summed E-state index contributed by atoms with van der Waals surface area (Å²) in [5.74, 6) is -2.92. The number of nitrogens with two attached hydrogens (primary N) is 2. The first-order valence-corrected chi connectivity index (χ1v) is 16.2. The lowest BCUT2D eigenvalue weighted by Gasteiger charge is -2.28. The molecule has 252 valence electrons. The molecule has 0 spiro atoms. The second kappa shape index (κ2) is 19.3. The van der Waals surface area contributed by atoms with Crippen LogP contribution in [0.4, 0.5) is 0 Å². The summed E-state index contributed by atoms with van der Waals surface area (Å²) in [4.78, 5) is 66.0. The summed E-state index contributed by atoms with van der Waals surface area (Å²) in [5, 5.41) is 11.1. The van der Waals surface area contributed by atoms with Crippen LogP contribution in [0.3, 0.4) is 0 Å². The second-order valence-corrected chi connectivity index (χ2v) is 12.6. The molecule has 0 saturated heterocycles. The maximum Gasteiger partial charge on any atom is 0.243 e. The van der Waals surface area contributed by atoms with Crippen LogP contribution in [-0.2, 0) is 36.8 Å². The third-order valence-electron chi connectivity index (χ3n) is 7.65. The van der Waals surface area contributed by atoms with Crippen molar-refractivity contribution in [3.63, 3.8) is 0 Å². The molecule has 0 unspecified atom stereocenters. The number of nitrogens with one attached hydrogen (secondary N) is 4. The van der Waals surface area contributed by atoms with Crippen LogP contribution in [0.2, 0.25) is 0 Å². The maximum absolute atomic E-state index is 13.9. The van der Waals surface area contributed by atoms with E-state index in [1.165, 1.54) is 0 Å². The lowest BCUT2D eigenvalue weighted by atomic mass is 9.99. The highest BCUT2D eigenvalue weighted by atomic mass is 16.2. The summed E-state index contributed by atoms with van der Waals surface area (Å²) in [6.45, 7) is 9.46. The molecule has 2 aromatic carbocycles. The number of primary amides is 1. The van der Waals surface area contributed by atoms with E-state index in [0.29, 0.717) is 19.3 Å². The lowest BCUT2D eigenvalue weighted by Crippen LogP contribution is -2.60. The minimum atomic E-state index is -1.09. The predicted octanol–water partition coefficient (Wildman–Crippen LogP) is 2.12. The largest absolute Gasteiger partial charge is 0.368 e. The number of hydrogen-bond acceptors (Lipinski definition) is 6. The van der Waals surface area contributed by atoms with Crippen molar-refractivity contribution < 1.29 is 24.0 Å². The smallest absolute Gasteiger partial charge is 0.243 e. The minimum Gasteiger partial charge on any atom is -0.368 e. The van der Waals surface area contributed by atoms with Gasteiger partial charge in [0.2, 0.25) is 29.5 Å². The van der Waals surface area contributed by atoms with E-state index in [4.69, 9.17) is 11.5 Å². The highest BCUT2D eigenvalue weighted by molar-refractivity contribution is 5.96. The minimum absolute atomic E-state index is 0.129. The number of carbonyl (C=O) groups is 5. The number of unbranched alkanes of at least 4 members (excludes halogenated alkanes) is 1. The topological polar surface area (TPSA) is 186 Å². The Bertz CT molecular complexity index is 1270. The first-order chi connectivity index (χ1) is 21.8. The van der Waals surface area contributed by atoms with Gasteiger partial charge in [-0.15, -0.1) is 0 Å². The maximum atomic E-state index is 13.9. The van der Waals surface area contributed by atoms with Gasteiger partial charge in [0.1, 0.15) is 24.2 Å². The molecule has 11 nitrogen and oxygen atoms in total. The van der Waals surface area contributed by atoms with E-state index in [1.807, 2.05) is 81.4 Å². The van der Waals surface area contributed by atoms with Gasteiger partial charge in [-0.3, -0.25) is 24.0 Å². The van der Waals surface area contributed by atoms with Crippen LogP contribution in [0.5, 0.6) is 0 Å². The van der Waals surface area contributed by atoms with Crippen molar-refractivity contribution in [1.82, 2.24) is 21.3 Å². The molecule has 5 amide bonds. The fourth-order valence-electron chi connectivity index (χ4n) is 5.03. The molecular formula is C35H52N6O5. The van der Waals surface area contributed by atoms with Crippen LogP contribution in [0.15, 0.2) is 60.7 Å². The van der Waals surface area contributed by atoms with Crippen molar-refractivity contribution >= 4 is 29.5 Å². The van der Waals surface area contributed by atoms with Gasteiger partial charge in [0.05, 0.1) is 6.04 Å². The highest BCUT2D eigenvalue weighted by Gasteiger charge is 2.33. The molecule has 0 aliphatic heterocycles. The molecule has 8 N–H and O–H groups in total. The molecule has 0 radical (unpaired) electrons. The summed E-state index contributed by atoms with van der Waals surface area (Å²) in [5.41, 5.74) is 13.2. The molecule has 2 rings (SSSR count). The van der Waals surface area contributed by atoms with E-state index in [9.17, 15) is 24.0 Å². The number of rotatable bonds is 19. The SMILES string of the molecule is CCCC[C@H](NC(=O)[C@H](Cc1ccccc1)NC(=O)[C@H](Cc1ccccc1)NC(=O)[C@@H](NC(=O)[C@@H](N)CC(C)C)C(C)C)C(N)=O. The fraction of sp³-hybridized carbons (Fsp3) is 0.514. The Balaban J connectivity index is 2.35. The first kappa shape index (κ1) is 37.9. The molecule has 0 bridgehead atoms. The van der Waals surface area contributed by atoms with Crippen molar-refractivity contribution in [2.45, 2.75) is 103 Å². The van der Waals surface area contributed by atoms with Crippen LogP contribution >= 0.6 is 0 Å². The molecule has 46 heavy (non-hydrogen) atoms. The molecule has 2 aromatic rings. The van der Waals surface area contributed by atoms with Gasteiger partial charge < -0.3 is 32.7 Å². The zero-order chi connectivity index (χ0) is 34.2. The van der Waals surface area contributed by atoms with Gasteiger partial charge in [-0.1, -0.05) is 108 Å². The van der Waals surface area contributed by atoms with Crippen molar-refractivity contribution in [3.8, 4) is 0 Å². The first-order valence-electron chi connectivity index (χ1n) is 16.2. The van der Waals surface area contributed by atoms with Crippen LogP contribution in [-0.4, -0.2) is 59.7 Å². The third kappa shape index (κ3) is 13.0. The van der Waals surface area contributed by atoms with Gasteiger partial charge in [0.15, 0.2) is 0 Å². The lowest BCUT2D eigenvalue weighted by molar-refractivity contribution is -0.135. The summed E-state index contributed by atoms with van der Waals surface area (Å²) in [6, 6.07) is 13.5. The van der Waals surface area contributed by atoms with E-state index >= 15 is 0 Å². The van der Waals surface area contributed by atoms with E-state index in [1.54, 1.807) is 13.8 Å². The van der Waals surface area contributed by atoms with Crippen molar-refractivity contribution in [3.05, 3.63) is 71.8 Å². The van der Waals surface area contributed by atoms with E-state index in [-0.39, 0.29) is 24.7 Å². The Morgan fingerprint density at radius 1 is 0.652 bits per heavy atom. The second-order valence-electron chi connectivity index (χ2n) is 12.6. The predicted molar refractivity (Wildman–Crippen MR) is 179 cm³/mol. The Morgan fingerprint density at radius 2 is 1.11 bits per heavy atom. The molecule has 0 fully saturated rings. The molecule has 11 heteroatoms. The third-order valence-corrected chi connectivity index (χ3v) is 7.65. The van der Waals surface area contributed by atoms with Gasteiger partial charge in [-0.05, 0) is 35.8 Å². The van der Waals surface area contributed by atoms with Crippen LogP contribution in [0.1, 0.15) is 71.4 Å². The van der Waals surface area contributed by atoms with Crippen molar-refractivity contribution in [2.75, 3.05) is 0 Å². The Labute approximate surface area is 273 Å². The average Bonchev–Trinajstić information content (AvgIpc) is 3.01. The quantitative estimate of drug-likeness (QED) is 0.137. The highest BCUT2D eigenvalue weighted by Crippen LogP contribution is 2.11. The average molecular weight is 637 g/mol. The van der Waals surface area contributed by atoms with Crippen LogP contribution in [0, 0.1) is 11.8 Å². The molecule has 0 aromatic heterocycles. The van der Waals surface area contributed by atoms with Gasteiger partial charge >= 0.3 is 0 Å². The Kier molecular flexibility index (Phi) is 15.9.